The Morgan fingerprint density at radius 1 is 1.33 bits per heavy atom. The molecule has 1 aliphatic carbocycles. The second-order valence-electron chi connectivity index (χ2n) is 5.67. The molecule has 1 rings (SSSR count). The zero-order chi connectivity index (χ0) is 11.5. The van der Waals surface area contributed by atoms with Crippen LogP contribution in [0.3, 0.4) is 0 Å². The minimum absolute atomic E-state index is 0.0301. The van der Waals surface area contributed by atoms with Gasteiger partial charge >= 0.3 is 5.97 Å². The first-order valence-electron chi connectivity index (χ1n) is 5.79. The van der Waals surface area contributed by atoms with E-state index in [1.54, 1.807) is 0 Å². The Labute approximate surface area is 92.4 Å². The van der Waals surface area contributed by atoms with Crippen LogP contribution in [-0.4, -0.2) is 18.1 Å². The molecule has 0 aliphatic heterocycles. The van der Waals surface area contributed by atoms with Gasteiger partial charge in [-0.3, -0.25) is 4.79 Å². The van der Waals surface area contributed by atoms with Gasteiger partial charge in [-0.15, -0.1) is 0 Å². The maximum atomic E-state index is 11.7. The second kappa shape index (κ2) is 4.52. The number of hydrogen-bond acceptors (Lipinski definition) is 3. The molecule has 15 heavy (non-hydrogen) atoms. The van der Waals surface area contributed by atoms with E-state index in [0.29, 0.717) is 13.0 Å². The first-order valence-corrected chi connectivity index (χ1v) is 5.79. The summed E-state index contributed by atoms with van der Waals surface area (Å²) in [6, 6.07) is 0. The third-order valence-corrected chi connectivity index (χ3v) is 3.04. The molecule has 0 unspecified atom stereocenters. The number of rotatable bonds is 3. The van der Waals surface area contributed by atoms with E-state index < -0.39 is 0 Å². The topological polar surface area (TPSA) is 52.3 Å². The predicted octanol–water partition coefficient (Wildman–Crippen LogP) is 2.24. The zero-order valence-corrected chi connectivity index (χ0v) is 10.1. The Balaban J connectivity index is 2.49. The van der Waals surface area contributed by atoms with E-state index in [1.165, 1.54) is 12.8 Å². The van der Waals surface area contributed by atoms with Gasteiger partial charge in [0.1, 0.15) is 5.60 Å². The summed E-state index contributed by atoms with van der Waals surface area (Å²) < 4.78 is 5.33. The molecule has 0 heterocycles. The molecular formula is C12H23NO2. The van der Waals surface area contributed by atoms with Crippen LogP contribution in [0.25, 0.3) is 0 Å². The van der Waals surface area contributed by atoms with Crippen LogP contribution < -0.4 is 5.73 Å². The van der Waals surface area contributed by atoms with Crippen molar-refractivity contribution in [3.63, 3.8) is 0 Å². The molecule has 0 saturated heterocycles. The van der Waals surface area contributed by atoms with E-state index in [9.17, 15) is 4.79 Å². The van der Waals surface area contributed by atoms with Gasteiger partial charge in [0, 0.05) is 0 Å². The fraction of sp³-hybridized carbons (Fsp3) is 0.917. The van der Waals surface area contributed by atoms with Gasteiger partial charge in [0.05, 0.1) is 6.42 Å². The summed E-state index contributed by atoms with van der Waals surface area (Å²) in [6.45, 7) is 6.30. The molecule has 0 atom stereocenters. The van der Waals surface area contributed by atoms with E-state index in [0.717, 1.165) is 12.8 Å². The van der Waals surface area contributed by atoms with Crippen LogP contribution in [0.1, 0.15) is 52.9 Å². The third kappa shape index (κ3) is 3.82. The molecule has 1 fully saturated rings. The van der Waals surface area contributed by atoms with Crippen molar-refractivity contribution in [1.82, 2.24) is 0 Å². The first kappa shape index (κ1) is 12.5. The summed E-state index contributed by atoms with van der Waals surface area (Å²) in [6.07, 6.45) is 5.02. The molecule has 0 aromatic rings. The highest BCUT2D eigenvalue weighted by molar-refractivity contribution is 5.70. The smallest absolute Gasteiger partial charge is 0.306 e. The number of carbonyl (C=O) groups excluding carboxylic acids is 1. The van der Waals surface area contributed by atoms with Crippen molar-refractivity contribution in [3.05, 3.63) is 0 Å². The van der Waals surface area contributed by atoms with Gasteiger partial charge in [0.25, 0.3) is 0 Å². The normalized spacial score (nSPS) is 20.3. The fourth-order valence-electron chi connectivity index (χ4n) is 2.26. The summed E-state index contributed by atoms with van der Waals surface area (Å²) in [5, 5.41) is 0. The largest absolute Gasteiger partial charge is 0.460 e. The maximum Gasteiger partial charge on any atom is 0.306 e. The van der Waals surface area contributed by atoms with Crippen molar-refractivity contribution in [2.45, 2.75) is 58.5 Å². The molecule has 1 saturated carbocycles. The van der Waals surface area contributed by atoms with Gasteiger partial charge in [0.15, 0.2) is 0 Å². The SMILES string of the molecule is CC(C)(C)OC(=O)CC1(CN)CCCC1. The molecule has 2 N–H and O–H groups in total. The van der Waals surface area contributed by atoms with Gasteiger partial charge in [-0.25, -0.2) is 0 Å². The Hall–Kier alpha value is -0.570. The summed E-state index contributed by atoms with van der Waals surface area (Å²) in [4.78, 5) is 11.7. The highest BCUT2D eigenvalue weighted by Gasteiger charge is 2.36. The van der Waals surface area contributed by atoms with Gasteiger partial charge in [-0.2, -0.15) is 0 Å². The number of esters is 1. The number of hydrogen-bond donors (Lipinski definition) is 1. The van der Waals surface area contributed by atoms with Gasteiger partial charge in [0.2, 0.25) is 0 Å². The lowest BCUT2D eigenvalue weighted by molar-refractivity contribution is -0.157. The molecule has 88 valence electrons. The van der Waals surface area contributed by atoms with Crippen molar-refractivity contribution in [1.29, 1.82) is 0 Å². The first-order chi connectivity index (χ1) is 6.87. The van der Waals surface area contributed by atoms with Crippen molar-refractivity contribution in [3.8, 4) is 0 Å². The summed E-state index contributed by atoms with van der Waals surface area (Å²) >= 11 is 0. The quantitative estimate of drug-likeness (QED) is 0.731. The predicted molar refractivity (Wildman–Crippen MR) is 60.4 cm³/mol. The minimum Gasteiger partial charge on any atom is -0.460 e. The monoisotopic (exact) mass is 213 g/mol. The van der Waals surface area contributed by atoms with Gasteiger partial charge < -0.3 is 10.5 Å². The molecule has 0 bridgehead atoms. The molecule has 0 radical (unpaired) electrons. The van der Waals surface area contributed by atoms with Crippen LogP contribution in [0.15, 0.2) is 0 Å². The average molecular weight is 213 g/mol. The number of ether oxygens (including phenoxy) is 1. The minimum atomic E-state index is -0.383. The lowest BCUT2D eigenvalue weighted by atomic mass is 9.83. The summed E-state index contributed by atoms with van der Waals surface area (Å²) in [7, 11) is 0. The van der Waals surface area contributed by atoms with E-state index >= 15 is 0 Å². The lowest BCUT2D eigenvalue weighted by Crippen LogP contribution is -2.33. The van der Waals surface area contributed by atoms with Gasteiger partial charge in [-0.05, 0) is 45.6 Å². The van der Waals surface area contributed by atoms with Crippen LogP contribution in [0.2, 0.25) is 0 Å². The fourth-order valence-corrected chi connectivity index (χ4v) is 2.26. The molecule has 1 aliphatic rings. The highest BCUT2D eigenvalue weighted by Crippen LogP contribution is 2.40. The number of nitrogens with two attached hydrogens (primary N) is 1. The molecular weight excluding hydrogens is 190 g/mol. The second-order valence-corrected chi connectivity index (χ2v) is 5.67. The van der Waals surface area contributed by atoms with Crippen molar-refractivity contribution in [2.75, 3.05) is 6.54 Å². The standard InChI is InChI=1S/C12H23NO2/c1-11(2,3)15-10(14)8-12(9-13)6-4-5-7-12/h4-9,13H2,1-3H3. The Bertz CT molecular complexity index is 224. The van der Waals surface area contributed by atoms with E-state index in [2.05, 4.69) is 0 Å². The zero-order valence-electron chi connectivity index (χ0n) is 10.1. The van der Waals surface area contributed by atoms with E-state index in [1.807, 2.05) is 20.8 Å². The number of carbonyl (C=O) groups is 1. The molecule has 0 spiro atoms. The summed E-state index contributed by atoms with van der Waals surface area (Å²) in [5.74, 6) is -0.102. The van der Waals surface area contributed by atoms with Crippen LogP contribution in [0.5, 0.6) is 0 Å². The summed E-state index contributed by atoms with van der Waals surface area (Å²) in [5.41, 5.74) is 5.42. The van der Waals surface area contributed by atoms with Crippen LogP contribution in [0, 0.1) is 5.41 Å². The van der Waals surface area contributed by atoms with E-state index in [4.69, 9.17) is 10.5 Å². The lowest BCUT2D eigenvalue weighted by Gasteiger charge is -2.28. The molecule has 0 aromatic heterocycles. The Morgan fingerprint density at radius 3 is 2.27 bits per heavy atom. The molecule has 3 heteroatoms. The maximum absolute atomic E-state index is 11.7. The molecule has 0 amide bonds. The van der Waals surface area contributed by atoms with Gasteiger partial charge in [-0.1, -0.05) is 12.8 Å². The van der Waals surface area contributed by atoms with Crippen molar-refractivity contribution in [2.24, 2.45) is 11.1 Å². The van der Waals surface area contributed by atoms with Crippen LogP contribution in [-0.2, 0) is 9.53 Å². The Kier molecular flexibility index (Phi) is 3.77. The third-order valence-electron chi connectivity index (χ3n) is 3.04. The van der Waals surface area contributed by atoms with Crippen molar-refractivity contribution >= 4 is 5.97 Å². The van der Waals surface area contributed by atoms with Crippen molar-refractivity contribution < 1.29 is 9.53 Å². The molecule has 3 nitrogen and oxygen atoms in total. The average Bonchev–Trinajstić information content (AvgIpc) is 2.50. The van der Waals surface area contributed by atoms with Crippen LogP contribution in [0.4, 0.5) is 0 Å². The highest BCUT2D eigenvalue weighted by atomic mass is 16.6. The van der Waals surface area contributed by atoms with Crippen LogP contribution >= 0.6 is 0 Å². The molecule has 0 aromatic carbocycles. The Morgan fingerprint density at radius 2 is 1.87 bits per heavy atom. The van der Waals surface area contributed by atoms with E-state index in [-0.39, 0.29) is 17.0 Å².